The fourth-order valence-electron chi connectivity index (χ4n) is 2.01. The van der Waals surface area contributed by atoms with Gasteiger partial charge in [0, 0.05) is 5.39 Å². The lowest BCUT2D eigenvalue weighted by Crippen LogP contribution is -1.97. The van der Waals surface area contributed by atoms with E-state index in [-0.39, 0.29) is 0 Å². The molecule has 2 aromatic carbocycles. The van der Waals surface area contributed by atoms with Crippen molar-refractivity contribution in [3.8, 4) is 11.5 Å². The number of benzene rings is 2. The molecule has 0 fully saturated rings. The van der Waals surface area contributed by atoms with Crippen LogP contribution in [0.3, 0.4) is 0 Å². The minimum absolute atomic E-state index is 0.391. The van der Waals surface area contributed by atoms with Crippen molar-refractivity contribution in [3.05, 3.63) is 46.8 Å². The fraction of sp³-hybridized carbons (Fsp3) is 0.0714. The Kier molecular flexibility index (Phi) is 2.23. The van der Waals surface area contributed by atoms with Crippen LogP contribution in [0.4, 0.5) is 0 Å². The Morgan fingerprint density at radius 1 is 1.11 bits per heavy atom. The van der Waals surface area contributed by atoms with E-state index in [1.165, 1.54) is 6.07 Å². The van der Waals surface area contributed by atoms with Gasteiger partial charge in [-0.1, -0.05) is 12.1 Å². The summed E-state index contributed by atoms with van der Waals surface area (Å²) in [6, 6.07) is 10.6. The highest BCUT2D eigenvalue weighted by atomic mass is 16.5. The summed E-state index contributed by atoms with van der Waals surface area (Å²) < 4.78 is 10.2. The molecule has 0 radical (unpaired) electrons. The summed E-state index contributed by atoms with van der Waals surface area (Å²) in [6.07, 6.45) is 0. The molecule has 0 unspecified atom stereocenters. The summed E-state index contributed by atoms with van der Waals surface area (Å²) in [7, 11) is 1.59. The predicted molar refractivity (Wildman–Crippen MR) is 68.2 cm³/mol. The quantitative estimate of drug-likeness (QED) is 0.526. The lowest BCUT2D eigenvalue weighted by Gasteiger charge is -2.05. The molecule has 0 aliphatic heterocycles. The number of ether oxygens (including phenoxy) is 1. The summed E-state index contributed by atoms with van der Waals surface area (Å²) in [5.74, 6) is 0.318. The Morgan fingerprint density at radius 2 is 1.89 bits per heavy atom. The zero-order valence-corrected chi connectivity index (χ0v) is 9.64. The number of aromatic hydroxyl groups is 1. The molecule has 18 heavy (non-hydrogen) atoms. The molecule has 1 N–H and O–H groups in total. The van der Waals surface area contributed by atoms with E-state index in [9.17, 15) is 9.90 Å². The standard InChI is InChI=1S/C14H10O4/c1-17-9-4-2-8-3-5-13-11(10(8)6-9)7-12(15)14(16)18-13/h2-7,15H,1H3. The molecule has 0 aliphatic rings. The Labute approximate surface area is 102 Å². The molecule has 4 nitrogen and oxygen atoms in total. The molecular formula is C14H10O4. The van der Waals surface area contributed by atoms with E-state index in [0.717, 1.165) is 10.8 Å². The molecule has 0 spiro atoms. The van der Waals surface area contributed by atoms with Crippen LogP contribution in [0.1, 0.15) is 0 Å². The van der Waals surface area contributed by atoms with Crippen LogP contribution in [0.25, 0.3) is 21.7 Å². The number of rotatable bonds is 1. The molecule has 0 saturated heterocycles. The van der Waals surface area contributed by atoms with Gasteiger partial charge in [0.2, 0.25) is 5.75 Å². The van der Waals surface area contributed by atoms with Gasteiger partial charge in [0.15, 0.2) is 0 Å². The first-order chi connectivity index (χ1) is 8.69. The van der Waals surface area contributed by atoms with Crippen molar-refractivity contribution in [1.29, 1.82) is 0 Å². The van der Waals surface area contributed by atoms with Gasteiger partial charge in [0.05, 0.1) is 7.11 Å². The van der Waals surface area contributed by atoms with Crippen molar-refractivity contribution in [3.63, 3.8) is 0 Å². The van der Waals surface area contributed by atoms with Gasteiger partial charge in [-0.15, -0.1) is 0 Å². The van der Waals surface area contributed by atoms with Crippen LogP contribution in [0.15, 0.2) is 45.6 Å². The first kappa shape index (κ1) is 10.7. The lowest BCUT2D eigenvalue weighted by atomic mass is 10.1. The highest BCUT2D eigenvalue weighted by molar-refractivity contribution is 6.06. The topological polar surface area (TPSA) is 59.7 Å². The fourth-order valence-corrected chi connectivity index (χ4v) is 2.01. The van der Waals surface area contributed by atoms with Crippen LogP contribution in [-0.2, 0) is 0 Å². The monoisotopic (exact) mass is 242 g/mol. The van der Waals surface area contributed by atoms with Crippen LogP contribution in [0, 0.1) is 0 Å². The second-order valence-corrected chi connectivity index (χ2v) is 3.98. The largest absolute Gasteiger partial charge is 0.502 e. The Balaban J connectivity index is 2.50. The van der Waals surface area contributed by atoms with Gasteiger partial charge in [-0.2, -0.15) is 0 Å². The third-order valence-corrected chi connectivity index (χ3v) is 2.92. The molecule has 3 rings (SSSR count). The van der Waals surface area contributed by atoms with E-state index >= 15 is 0 Å². The molecule has 4 heteroatoms. The second kappa shape index (κ2) is 3.77. The van der Waals surface area contributed by atoms with Crippen LogP contribution in [-0.4, -0.2) is 12.2 Å². The molecule has 1 aromatic heterocycles. The van der Waals surface area contributed by atoms with Gasteiger partial charge >= 0.3 is 5.63 Å². The van der Waals surface area contributed by atoms with Gasteiger partial charge in [-0.05, 0) is 35.0 Å². The minimum Gasteiger partial charge on any atom is -0.502 e. The molecule has 0 bridgehead atoms. The molecule has 0 atom stereocenters. The van der Waals surface area contributed by atoms with Crippen LogP contribution in [0.2, 0.25) is 0 Å². The van der Waals surface area contributed by atoms with E-state index in [0.29, 0.717) is 16.7 Å². The third kappa shape index (κ3) is 1.50. The smallest absolute Gasteiger partial charge is 0.378 e. The van der Waals surface area contributed by atoms with Crippen molar-refractivity contribution < 1.29 is 14.3 Å². The zero-order valence-electron chi connectivity index (χ0n) is 9.64. The Bertz CT molecular complexity index is 802. The van der Waals surface area contributed by atoms with Crippen molar-refractivity contribution in [2.24, 2.45) is 0 Å². The van der Waals surface area contributed by atoms with Gasteiger partial charge in [-0.3, -0.25) is 0 Å². The first-order valence-electron chi connectivity index (χ1n) is 5.42. The van der Waals surface area contributed by atoms with Crippen molar-refractivity contribution in [2.45, 2.75) is 0 Å². The van der Waals surface area contributed by atoms with Crippen molar-refractivity contribution in [1.82, 2.24) is 0 Å². The first-order valence-corrected chi connectivity index (χ1v) is 5.42. The number of fused-ring (bicyclic) bond motifs is 3. The number of hydrogen-bond acceptors (Lipinski definition) is 4. The summed E-state index contributed by atoms with van der Waals surface area (Å²) >= 11 is 0. The summed E-state index contributed by atoms with van der Waals surface area (Å²) in [5.41, 5.74) is -0.289. The highest BCUT2D eigenvalue weighted by Crippen LogP contribution is 2.29. The zero-order chi connectivity index (χ0) is 12.7. The average molecular weight is 242 g/mol. The molecule has 90 valence electrons. The Morgan fingerprint density at radius 3 is 2.67 bits per heavy atom. The van der Waals surface area contributed by atoms with Crippen molar-refractivity contribution >= 4 is 21.7 Å². The summed E-state index contributed by atoms with van der Waals surface area (Å²) in [4.78, 5) is 11.3. The van der Waals surface area contributed by atoms with Gasteiger partial charge < -0.3 is 14.3 Å². The molecule has 0 amide bonds. The lowest BCUT2D eigenvalue weighted by molar-refractivity contribution is 0.415. The maximum atomic E-state index is 11.3. The van der Waals surface area contributed by atoms with E-state index in [1.54, 1.807) is 13.2 Å². The molecular weight excluding hydrogens is 232 g/mol. The van der Waals surface area contributed by atoms with Crippen molar-refractivity contribution in [2.75, 3.05) is 7.11 Å². The van der Waals surface area contributed by atoms with Crippen LogP contribution in [0.5, 0.6) is 11.5 Å². The van der Waals surface area contributed by atoms with Gasteiger partial charge in [0.25, 0.3) is 0 Å². The number of hydrogen-bond donors (Lipinski definition) is 1. The van der Waals surface area contributed by atoms with Gasteiger partial charge in [0.1, 0.15) is 11.3 Å². The SMILES string of the molecule is COc1ccc2ccc3oc(=O)c(O)cc3c2c1. The maximum Gasteiger partial charge on any atom is 0.378 e. The van der Waals surface area contributed by atoms with Crippen LogP contribution >= 0.6 is 0 Å². The minimum atomic E-state index is -0.732. The van der Waals surface area contributed by atoms with E-state index in [1.807, 2.05) is 24.3 Å². The van der Waals surface area contributed by atoms with E-state index in [4.69, 9.17) is 9.15 Å². The summed E-state index contributed by atoms with van der Waals surface area (Å²) in [6.45, 7) is 0. The highest BCUT2D eigenvalue weighted by Gasteiger charge is 2.07. The molecule has 0 saturated carbocycles. The molecule has 3 aromatic rings. The van der Waals surface area contributed by atoms with E-state index in [2.05, 4.69) is 0 Å². The van der Waals surface area contributed by atoms with E-state index < -0.39 is 11.4 Å². The van der Waals surface area contributed by atoms with Crippen LogP contribution < -0.4 is 10.4 Å². The second-order valence-electron chi connectivity index (χ2n) is 3.98. The van der Waals surface area contributed by atoms with Gasteiger partial charge in [-0.25, -0.2) is 4.79 Å². The molecule has 1 heterocycles. The summed E-state index contributed by atoms with van der Waals surface area (Å²) in [5, 5.41) is 12.0. The molecule has 0 aliphatic carbocycles. The predicted octanol–water partition coefficient (Wildman–Crippen LogP) is 2.66. The normalized spacial score (nSPS) is 10.9. The maximum absolute atomic E-state index is 11.3. The Hall–Kier alpha value is -2.49. The third-order valence-electron chi connectivity index (χ3n) is 2.92. The average Bonchev–Trinajstić information content (AvgIpc) is 2.39. The number of methoxy groups -OCH3 is 1.